The summed E-state index contributed by atoms with van der Waals surface area (Å²) in [6, 6.07) is 16.3. The quantitative estimate of drug-likeness (QED) is 0.365. The monoisotopic (exact) mass is 483 g/mol. The van der Waals surface area contributed by atoms with Crippen molar-refractivity contribution in [1.29, 1.82) is 0 Å². The first kappa shape index (κ1) is 23.2. The van der Waals surface area contributed by atoms with Crippen molar-refractivity contribution in [3.8, 4) is 0 Å². The lowest BCUT2D eigenvalue weighted by atomic mass is 10.1. The fraction of sp³-hybridized carbons (Fsp3) is 0.192. The van der Waals surface area contributed by atoms with Crippen LogP contribution in [0.4, 0.5) is 17.3 Å². The molecule has 0 atom stereocenters. The lowest BCUT2D eigenvalue weighted by Crippen LogP contribution is -2.36. The third-order valence-corrected chi connectivity index (χ3v) is 5.92. The fourth-order valence-electron chi connectivity index (χ4n) is 4.10. The van der Waals surface area contributed by atoms with Gasteiger partial charge in [-0.05, 0) is 42.0 Å². The minimum atomic E-state index is -0.542. The molecule has 182 valence electrons. The summed E-state index contributed by atoms with van der Waals surface area (Å²) in [4.78, 5) is 39.7. The van der Waals surface area contributed by atoms with Crippen molar-refractivity contribution in [2.45, 2.75) is 6.54 Å². The summed E-state index contributed by atoms with van der Waals surface area (Å²) in [7, 11) is 0. The number of fused-ring (bicyclic) bond motifs is 1. The van der Waals surface area contributed by atoms with Gasteiger partial charge in [0, 0.05) is 42.5 Å². The molecule has 0 bridgehead atoms. The summed E-state index contributed by atoms with van der Waals surface area (Å²) in [6.07, 6.45) is 3.05. The number of pyridine rings is 1. The Kier molecular flexibility index (Phi) is 6.67. The third kappa shape index (κ3) is 5.08. The van der Waals surface area contributed by atoms with Gasteiger partial charge < -0.3 is 26.0 Å². The molecule has 3 heterocycles. The molecule has 0 spiro atoms. The zero-order valence-corrected chi connectivity index (χ0v) is 19.5. The lowest BCUT2D eigenvalue weighted by molar-refractivity contribution is 0.0998. The number of carbonyl (C=O) groups is 2. The first-order valence-electron chi connectivity index (χ1n) is 11.5. The van der Waals surface area contributed by atoms with Gasteiger partial charge in [-0.2, -0.15) is 0 Å². The summed E-state index contributed by atoms with van der Waals surface area (Å²) >= 11 is 0. The van der Waals surface area contributed by atoms with Crippen LogP contribution in [0, 0.1) is 0 Å². The highest BCUT2D eigenvalue weighted by molar-refractivity contribution is 6.07. The number of morpholine rings is 1. The number of rotatable bonds is 7. The number of nitrogens with one attached hydrogen (secondary N) is 2. The number of aromatic nitrogens is 3. The number of nitrogens with two attached hydrogens (primary N) is 1. The molecule has 2 aromatic carbocycles. The molecule has 4 N–H and O–H groups in total. The fourth-order valence-corrected chi connectivity index (χ4v) is 4.10. The highest BCUT2D eigenvalue weighted by atomic mass is 16.5. The maximum atomic E-state index is 12.9. The van der Waals surface area contributed by atoms with E-state index in [1.807, 2.05) is 30.3 Å². The van der Waals surface area contributed by atoms with Crippen LogP contribution < -0.4 is 21.3 Å². The van der Waals surface area contributed by atoms with Crippen molar-refractivity contribution in [3.05, 3.63) is 83.8 Å². The smallest absolute Gasteiger partial charge is 0.255 e. The van der Waals surface area contributed by atoms with Gasteiger partial charge in [-0.1, -0.05) is 18.2 Å². The number of anilines is 3. The van der Waals surface area contributed by atoms with Crippen LogP contribution in [0.5, 0.6) is 0 Å². The van der Waals surface area contributed by atoms with E-state index in [1.54, 1.807) is 30.5 Å². The largest absolute Gasteiger partial charge is 0.378 e. The maximum absolute atomic E-state index is 12.9. The summed E-state index contributed by atoms with van der Waals surface area (Å²) in [5.74, 6) is 0.600. The van der Waals surface area contributed by atoms with Gasteiger partial charge in [-0.15, -0.1) is 0 Å². The zero-order valence-electron chi connectivity index (χ0n) is 19.5. The molecule has 0 aliphatic carbocycles. The van der Waals surface area contributed by atoms with Crippen molar-refractivity contribution >= 4 is 40.0 Å². The molecular weight excluding hydrogens is 458 g/mol. The number of amides is 2. The highest BCUT2D eigenvalue weighted by Crippen LogP contribution is 2.23. The van der Waals surface area contributed by atoms with Gasteiger partial charge in [0.2, 0.25) is 0 Å². The van der Waals surface area contributed by atoms with E-state index in [2.05, 4.69) is 30.5 Å². The predicted octanol–water partition coefficient (Wildman–Crippen LogP) is 2.82. The molecule has 0 unspecified atom stereocenters. The van der Waals surface area contributed by atoms with Crippen molar-refractivity contribution < 1.29 is 14.3 Å². The molecule has 10 heteroatoms. The van der Waals surface area contributed by atoms with Gasteiger partial charge in [0.05, 0.1) is 24.3 Å². The molecule has 2 aromatic heterocycles. The van der Waals surface area contributed by atoms with Gasteiger partial charge in [0.15, 0.2) is 0 Å². The molecule has 1 fully saturated rings. The zero-order chi connectivity index (χ0) is 24.9. The molecule has 1 aliphatic heterocycles. The van der Waals surface area contributed by atoms with Crippen LogP contribution in [0.2, 0.25) is 0 Å². The van der Waals surface area contributed by atoms with Crippen LogP contribution in [0.25, 0.3) is 10.9 Å². The van der Waals surface area contributed by atoms with E-state index < -0.39 is 5.91 Å². The molecule has 1 saturated heterocycles. The standard InChI is InChI=1S/C26H25N7O3/c27-24(34)20-5-2-6-21-23(20)30-16-31-25(21)29-15-17-3-1-4-19(13-17)32-26(35)18-7-8-28-22(14-18)33-9-11-36-12-10-33/h1-8,13-14,16H,9-12,15H2,(H2,27,34)(H,32,35)(H,29,30,31). The van der Waals surface area contributed by atoms with Crippen molar-refractivity contribution in [1.82, 2.24) is 15.0 Å². The van der Waals surface area contributed by atoms with Crippen LogP contribution in [-0.4, -0.2) is 53.1 Å². The van der Waals surface area contributed by atoms with Gasteiger partial charge >= 0.3 is 0 Å². The number of nitrogens with zero attached hydrogens (tertiary/aromatic N) is 4. The SMILES string of the molecule is NC(=O)c1cccc2c(NCc3cccc(NC(=O)c4ccnc(N5CCOCC5)c4)c3)ncnc12. The Hall–Kier alpha value is -4.57. The maximum Gasteiger partial charge on any atom is 0.255 e. The Labute approximate surface area is 207 Å². The summed E-state index contributed by atoms with van der Waals surface area (Å²) in [5, 5.41) is 6.95. The van der Waals surface area contributed by atoms with Gasteiger partial charge in [-0.25, -0.2) is 15.0 Å². The van der Waals surface area contributed by atoms with Crippen molar-refractivity contribution in [2.24, 2.45) is 5.73 Å². The molecule has 4 aromatic rings. The number of primary amides is 1. The van der Waals surface area contributed by atoms with Crippen LogP contribution >= 0.6 is 0 Å². The Bertz CT molecular complexity index is 1420. The normalized spacial score (nSPS) is 13.4. The third-order valence-electron chi connectivity index (χ3n) is 5.92. The Morgan fingerprint density at radius 2 is 1.83 bits per heavy atom. The first-order chi connectivity index (χ1) is 17.6. The molecular formula is C26H25N7O3. The second kappa shape index (κ2) is 10.4. The van der Waals surface area contributed by atoms with Crippen LogP contribution in [-0.2, 0) is 11.3 Å². The van der Waals surface area contributed by atoms with E-state index in [9.17, 15) is 9.59 Å². The predicted molar refractivity (Wildman–Crippen MR) is 137 cm³/mol. The van der Waals surface area contributed by atoms with Gasteiger partial charge in [-0.3, -0.25) is 9.59 Å². The summed E-state index contributed by atoms with van der Waals surface area (Å²) < 4.78 is 5.39. The molecule has 36 heavy (non-hydrogen) atoms. The number of hydrogen-bond donors (Lipinski definition) is 3. The highest BCUT2D eigenvalue weighted by Gasteiger charge is 2.15. The van der Waals surface area contributed by atoms with Crippen LogP contribution in [0.1, 0.15) is 26.3 Å². The minimum absolute atomic E-state index is 0.210. The molecule has 0 saturated carbocycles. The average molecular weight is 484 g/mol. The van der Waals surface area contributed by atoms with E-state index in [0.717, 1.165) is 24.5 Å². The van der Waals surface area contributed by atoms with E-state index in [0.29, 0.717) is 53.3 Å². The first-order valence-corrected chi connectivity index (χ1v) is 11.5. The van der Waals surface area contributed by atoms with Crippen molar-refractivity contribution in [3.63, 3.8) is 0 Å². The van der Waals surface area contributed by atoms with Crippen LogP contribution in [0.3, 0.4) is 0 Å². The molecule has 0 radical (unpaired) electrons. The van der Waals surface area contributed by atoms with Gasteiger partial charge in [0.25, 0.3) is 11.8 Å². The molecule has 5 rings (SSSR count). The van der Waals surface area contributed by atoms with Crippen molar-refractivity contribution in [2.75, 3.05) is 41.8 Å². The van der Waals surface area contributed by atoms with E-state index >= 15 is 0 Å². The van der Waals surface area contributed by atoms with E-state index in [4.69, 9.17) is 10.5 Å². The Balaban J connectivity index is 1.28. The van der Waals surface area contributed by atoms with Gasteiger partial charge in [0.1, 0.15) is 18.0 Å². The minimum Gasteiger partial charge on any atom is -0.378 e. The van der Waals surface area contributed by atoms with E-state index in [-0.39, 0.29) is 5.91 Å². The van der Waals surface area contributed by atoms with E-state index in [1.165, 1.54) is 6.33 Å². The molecule has 2 amide bonds. The summed E-state index contributed by atoms with van der Waals surface area (Å²) in [6.45, 7) is 3.25. The topological polar surface area (TPSA) is 135 Å². The second-order valence-electron chi connectivity index (χ2n) is 8.30. The molecule has 10 nitrogen and oxygen atoms in total. The lowest BCUT2D eigenvalue weighted by Gasteiger charge is -2.27. The average Bonchev–Trinajstić information content (AvgIpc) is 2.92. The number of carbonyl (C=O) groups excluding carboxylic acids is 2. The number of hydrogen-bond acceptors (Lipinski definition) is 8. The number of para-hydroxylation sites is 1. The summed E-state index contributed by atoms with van der Waals surface area (Å²) in [5.41, 5.74) is 8.46. The number of ether oxygens (including phenoxy) is 1. The second-order valence-corrected chi connectivity index (χ2v) is 8.30. The Morgan fingerprint density at radius 3 is 2.67 bits per heavy atom. The number of benzene rings is 2. The molecule has 1 aliphatic rings. The van der Waals surface area contributed by atoms with Crippen LogP contribution in [0.15, 0.2) is 67.1 Å². The Morgan fingerprint density at radius 1 is 1.00 bits per heavy atom.